The second-order valence-electron chi connectivity index (χ2n) is 17.6. The molecule has 0 aliphatic heterocycles. The van der Waals surface area contributed by atoms with E-state index < -0.39 is 0 Å². The first kappa shape index (κ1) is 43.9. The molecule has 0 bridgehead atoms. The van der Waals surface area contributed by atoms with Crippen LogP contribution < -0.4 is 0 Å². The Labute approximate surface area is 352 Å². The topological polar surface area (TPSA) is 0 Å². The summed E-state index contributed by atoms with van der Waals surface area (Å²) in [5.41, 5.74) is 16.2. The summed E-state index contributed by atoms with van der Waals surface area (Å²) in [7, 11) is 0. The van der Waals surface area contributed by atoms with Gasteiger partial charge in [-0.05, 0) is 62.3 Å². The van der Waals surface area contributed by atoms with Crippen LogP contribution in [0.15, 0.2) is 96.6 Å². The molecule has 0 aromatic heterocycles. The van der Waals surface area contributed by atoms with Gasteiger partial charge in [-0.1, -0.05) is 116 Å². The Balaban J connectivity index is 0.000000227. The molecule has 0 saturated carbocycles. The van der Waals surface area contributed by atoms with Gasteiger partial charge in [-0.2, -0.15) is 95.5 Å². The molecule has 8 rings (SSSR count). The van der Waals surface area contributed by atoms with E-state index in [2.05, 4.69) is 148 Å². The Morgan fingerprint density at radius 2 is 1.26 bits per heavy atom. The molecule has 0 N–H and O–H groups in total. The Bertz CT molecular complexity index is 1930. The summed E-state index contributed by atoms with van der Waals surface area (Å²) in [5.74, 6) is 0.556. The molecule has 4 aliphatic carbocycles. The summed E-state index contributed by atoms with van der Waals surface area (Å²) in [6, 6.07) is 30.1. The molecule has 3 heteroatoms. The standard InChI is InChI=1S/C31H37.C7H9.2C6H4Cl.CH2.Zr/c1-28(2,3)26-16-30(7,8)24-12-18-11-19-13-25-23(15-21(19)20(18)14-22(24)26)27(29(4,5)6)17-31(25,9)10;1-6-3-4-7(2)5-6;2*7-6-4-2-1-3-5-6;;/h12-16H,11H2,1-10H3;3,5,7H,1-2H3;2*1-2,4-5H;1H2;/q4*-1;;. The Kier molecular flexibility index (Phi) is 14.3. The van der Waals surface area contributed by atoms with Crippen LogP contribution in [0.3, 0.4) is 0 Å². The number of hydrogen-bond acceptors (Lipinski definition) is 0. The minimum absolute atomic E-state index is 0.0202. The zero-order valence-electron chi connectivity index (χ0n) is 34.4. The van der Waals surface area contributed by atoms with Crippen molar-refractivity contribution in [1.29, 1.82) is 0 Å². The van der Waals surface area contributed by atoms with Gasteiger partial charge in [-0.25, -0.2) is 17.2 Å². The monoisotopic (exact) mass is 828 g/mol. The van der Waals surface area contributed by atoms with Gasteiger partial charge in [0.25, 0.3) is 0 Å². The molecule has 0 spiro atoms. The van der Waals surface area contributed by atoms with Crippen molar-refractivity contribution in [1.82, 2.24) is 0 Å². The van der Waals surface area contributed by atoms with Crippen LogP contribution in [-0.4, -0.2) is 4.21 Å². The van der Waals surface area contributed by atoms with Crippen LogP contribution in [-0.2, 0) is 41.5 Å². The first-order chi connectivity index (χ1) is 25.2. The molecule has 0 nitrogen and oxygen atoms in total. The van der Waals surface area contributed by atoms with E-state index in [-0.39, 0.29) is 21.7 Å². The minimum atomic E-state index is -0.0202. The predicted octanol–water partition coefficient (Wildman–Crippen LogP) is 14.7. The molecular formula is C51H56Cl2Zr-4. The van der Waals surface area contributed by atoms with Crippen LogP contribution in [0.25, 0.3) is 22.3 Å². The molecule has 0 saturated heterocycles. The summed E-state index contributed by atoms with van der Waals surface area (Å²) in [6.07, 6.45) is 14.8. The fourth-order valence-corrected chi connectivity index (χ4v) is 7.71. The first-order valence-corrected chi connectivity index (χ1v) is 21.3. The number of fused-ring (bicyclic) bond motifs is 5. The molecule has 0 amide bonds. The average Bonchev–Trinajstić information content (AvgIpc) is 3.81. The van der Waals surface area contributed by atoms with Crippen LogP contribution in [0.2, 0.25) is 10.0 Å². The van der Waals surface area contributed by atoms with Crippen molar-refractivity contribution in [3.05, 3.63) is 164 Å². The molecular weight excluding hydrogens is 775 g/mol. The number of halogens is 2. The van der Waals surface area contributed by atoms with E-state index in [1.807, 2.05) is 42.5 Å². The average molecular weight is 831 g/mol. The van der Waals surface area contributed by atoms with Crippen LogP contribution >= 0.6 is 23.2 Å². The second-order valence-corrected chi connectivity index (χ2v) is 18.5. The van der Waals surface area contributed by atoms with Gasteiger partial charge in [0.1, 0.15) is 0 Å². The second kappa shape index (κ2) is 17.5. The van der Waals surface area contributed by atoms with E-state index in [4.69, 9.17) is 23.2 Å². The normalized spacial score (nSPS) is 17.5. The summed E-state index contributed by atoms with van der Waals surface area (Å²) in [6.45, 7) is 27.6. The fourth-order valence-electron chi connectivity index (χ4n) is 7.44. The van der Waals surface area contributed by atoms with Crippen LogP contribution in [0.1, 0.15) is 116 Å². The van der Waals surface area contributed by atoms with Crippen molar-refractivity contribution in [2.45, 2.75) is 100 Å². The zero-order chi connectivity index (χ0) is 40.2. The van der Waals surface area contributed by atoms with Gasteiger partial charge in [0.05, 0.1) is 0 Å². The Morgan fingerprint density at radius 1 is 0.741 bits per heavy atom. The third-order valence-corrected chi connectivity index (χ3v) is 10.5. The number of allylic oxidation sites excluding steroid dienone is 8. The number of benzene rings is 4. The number of rotatable bonds is 0. The van der Waals surface area contributed by atoms with Gasteiger partial charge >= 0.3 is 28.4 Å². The summed E-state index contributed by atoms with van der Waals surface area (Å²) >= 11 is 12.3. The van der Waals surface area contributed by atoms with E-state index in [9.17, 15) is 0 Å². The van der Waals surface area contributed by atoms with Crippen molar-refractivity contribution >= 4 is 38.6 Å². The van der Waals surface area contributed by atoms with E-state index in [1.165, 1.54) is 85.5 Å². The maximum absolute atomic E-state index is 5.51. The van der Waals surface area contributed by atoms with Crippen molar-refractivity contribution in [3.63, 3.8) is 0 Å². The third kappa shape index (κ3) is 10.5. The van der Waals surface area contributed by atoms with Crippen molar-refractivity contribution in [3.8, 4) is 11.1 Å². The van der Waals surface area contributed by atoms with Gasteiger partial charge in [-0.15, -0.1) is 18.6 Å². The summed E-state index contributed by atoms with van der Waals surface area (Å²) < 4.78 is 3.34. The third-order valence-electron chi connectivity index (χ3n) is 10.0. The van der Waals surface area contributed by atoms with E-state index >= 15 is 0 Å². The first-order valence-electron chi connectivity index (χ1n) is 18.8. The molecule has 4 aromatic carbocycles. The quantitative estimate of drug-likeness (QED) is 0.136. The Hall–Kier alpha value is -2.83. The van der Waals surface area contributed by atoms with Gasteiger partial charge in [0, 0.05) is 5.41 Å². The molecule has 0 radical (unpaired) electrons. The van der Waals surface area contributed by atoms with Gasteiger partial charge < -0.3 is 0 Å². The summed E-state index contributed by atoms with van der Waals surface area (Å²) in [5, 5.41) is 1.48. The van der Waals surface area contributed by atoms with E-state index in [0.29, 0.717) is 5.92 Å². The fraction of sp³-hybridized carbons (Fsp3) is 0.353. The van der Waals surface area contributed by atoms with Crippen molar-refractivity contribution < 1.29 is 24.2 Å². The Morgan fingerprint density at radius 3 is 1.63 bits per heavy atom. The van der Waals surface area contributed by atoms with E-state index in [1.54, 1.807) is 12.1 Å². The van der Waals surface area contributed by atoms with Gasteiger partial charge in [0.15, 0.2) is 0 Å². The molecule has 0 heterocycles. The van der Waals surface area contributed by atoms with Gasteiger partial charge in [0.2, 0.25) is 0 Å². The van der Waals surface area contributed by atoms with Crippen LogP contribution in [0.5, 0.6) is 0 Å². The molecule has 0 fully saturated rings. The predicted molar refractivity (Wildman–Crippen MR) is 233 cm³/mol. The van der Waals surface area contributed by atoms with Crippen molar-refractivity contribution in [2.75, 3.05) is 0 Å². The van der Waals surface area contributed by atoms with Crippen LogP contribution in [0, 0.1) is 41.0 Å². The summed E-state index contributed by atoms with van der Waals surface area (Å²) in [4.78, 5) is 0. The molecule has 282 valence electrons. The number of hydrogen-bond donors (Lipinski definition) is 0. The molecule has 1 atom stereocenters. The van der Waals surface area contributed by atoms with Crippen molar-refractivity contribution in [2.24, 2.45) is 16.7 Å². The zero-order valence-corrected chi connectivity index (χ0v) is 38.4. The molecule has 4 aliphatic rings. The van der Waals surface area contributed by atoms with Crippen LogP contribution in [0.4, 0.5) is 0 Å². The SMILES string of the molecule is CC(C)(C)C1=[C-]C(C)(C)c2cc3c(cc21)-c1cc2c(cc1C3)C(C)(C)C=C2C(C)(C)C.CC1=CC(C)[C-]=C1.Clc1c[c-]ccc1.Clc1c[c-]ccc1.[CH2]=[Zr]. The van der Waals surface area contributed by atoms with Gasteiger partial charge in [-0.3, -0.25) is 12.2 Å². The maximum atomic E-state index is 5.51. The molecule has 54 heavy (non-hydrogen) atoms. The van der Waals surface area contributed by atoms with E-state index in [0.717, 1.165) is 16.5 Å². The molecule has 4 aromatic rings. The molecule has 1 unspecified atom stereocenters.